The Balaban J connectivity index is 1.81. The zero-order valence-electron chi connectivity index (χ0n) is 16.1. The van der Waals surface area contributed by atoms with Crippen LogP contribution in [0.3, 0.4) is 0 Å². The molecule has 0 amide bonds. The minimum Gasteiger partial charge on any atom is -0.378 e. The van der Waals surface area contributed by atoms with Crippen molar-refractivity contribution < 1.29 is 0 Å². The van der Waals surface area contributed by atoms with E-state index >= 15 is 0 Å². The standard InChI is InChI=1S/C23H21ClN4/c1-15-4-13-21-20(14-15)22(16-7-11-19(12-8-16)28(2)3)26-27-23(25-21)17-5-9-18(24)10-6-17/h4-14H,1-3H3,(H,25,27). The minimum absolute atomic E-state index is 0.694. The zero-order chi connectivity index (χ0) is 19.7. The van der Waals surface area contributed by atoms with Crippen molar-refractivity contribution in [2.45, 2.75) is 6.92 Å². The van der Waals surface area contributed by atoms with Crippen molar-refractivity contribution in [2.75, 3.05) is 19.0 Å². The largest absolute Gasteiger partial charge is 0.378 e. The maximum atomic E-state index is 6.03. The summed E-state index contributed by atoms with van der Waals surface area (Å²) in [5, 5.41) is 5.41. The van der Waals surface area contributed by atoms with Gasteiger partial charge < -0.3 is 4.90 Å². The third-order valence-electron chi connectivity index (χ3n) is 4.69. The number of nitrogens with one attached hydrogen (secondary N) is 1. The Morgan fingerprint density at radius 2 is 1.54 bits per heavy atom. The number of hydrazone groups is 1. The molecular weight excluding hydrogens is 368 g/mol. The summed E-state index contributed by atoms with van der Waals surface area (Å²) >= 11 is 6.03. The molecule has 0 saturated heterocycles. The highest BCUT2D eigenvalue weighted by molar-refractivity contribution is 6.30. The lowest BCUT2D eigenvalue weighted by Gasteiger charge is -2.14. The molecule has 140 valence electrons. The molecule has 0 unspecified atom stereocenters. The maximum Gasteiger partial charge on any atom is 0.154 e. The van der Waals surface area contributed by atoms with Crippen molar-refractivity contribution in [3.8, 4) is 0 Å². The smallest absolute Gasteiger partial charge is 0.154 e. The first kappa shape index (κ1) is 18.3. The van der Waals surface area contributed by atoms with Gasteiger partial charge in [-0.05, 0) is 55.5 Å². The van der Waals surface area contributed by atoms with Gasteiger partial charge in [-0.1, -0.05) is 35.4 Å². The second-order valence-electron chi connectivity index (χ2n) is 7.00. The Bertz CT molecular complexity index is 1060. The molecule has 0 fully saturated rings. The van der Waals surface area contributed by atoms with Crippen LogP contribution in [0.25, 0.3) is 0 Å². The first-order chi connectivity index (χ1) is 13.5. The summed E-state index contributed by atoms with van der Waals surface area (Å²) in [4.78, 5) is 6.92. The van der Waals surface area contributed by atoms with Crippen LogP contribution in [-0.4, -0.2) is 25.6 Å². The number of benzene rings is 3. The summed E-state index contributed by atoms with van der Waals surface area (Å²) in [7, 11) is 4.06. The van der Waals surface area contributed by atoms with E-state index in [1.165, 1.54) is 5.56 Å². The minimum atomic E-state index is 0.694. The van der Waals surface area contributed by atoms with Gasteiger partial charge in [0.15, 0.2) is 5.84 Å². The zero-order valence-corrected chi connectivity index (χ0v) is 16.8. The summed E-state index contributed by atoms with van der Waals surface area (Å²) in [6.45, 7) is 2.08. The number of aryl methyl sites for hydroxylation is 1. The number of hydrogen-bond acceptors (Lipinski definition) is 4. The van der Waals surface area contributed by atoms with Gasteiger partial charge in [0.05, 0.1) is 11.4 Å². The molecule has 0 atom stereocenters. The van der Waals surface area contributed by atoms with E-state index in [1.54, 1.807) is 0 Å². The number of hydrogen-bond donors (Lipinski definition) is 1. The van der Waals surface area contributed by atoms with Gasteiger partial charge in [-0.15, -0.1) is 0 Å². The van der Waals surface area contributed by atoms with Crippen LogP contribution in [0.4, 0.5) is 11.4 Å². The van der Waals surface area contributed by atoms with Crippen LogP contribution in [0.15, 0.2) is 76.8 Å². The lowest BCUT2D eigenvalue weighted by Crippen LogP contribution is -2.19. The fourth-order valence-electron chi connectivity index (χ4n) is 3.13. The van der Waals surface area contributed by atoms with Crippen molar-refractivity contribution >= 4 is 34.5 Å². The van der Waals surface area contributed by atoms with Crippen LogP contribution in [0.1, 0.15) is 22.3 Å². The molecule has 1 aliphatic heterocycles. The Kier molecular flexibility index (Phi) is 4.88. The topological polar surface area (TPSA) is 40.0 Å². The maximum absolute atomic E-state index is 6.03. The molecule has 0 saturated carbocycles. The molecule has 1 aliphatic rings. The molecule has 1 heterocycles. The summed E-state index contributed by atoms with van der Waals surface area (Å²) < 4.78 is 0. The number of anilines is 1. The molecular formula is C23H21ClN4. The number of amidine groups is 1. The van der Waals surface area contributed by atoms with Crippen molar-refractivity contribution in [3.05, 3.63) is 94.0 Å². The molecule has 0 aromatic heterocycles. The Morgan fingerprint density at radius 1 is 0.857 bits per heavy atom. The van der Waals surface area contributed by atoms with Gasteiger partial charge in [0, 0.05) is 41.5 Å². The molecule has 5 heteroatoms. The predicted molar refractivity (Wildman–Crippen MR) is 118 cm³/mol. The molecule has 3 aromatic rings. The van der Waals surface area contributed by atoms with E-state index in [9.17, 15) is 0 Å². The van der Waals surface area contributed by atoms with E-state index < -0.39 is 0 Å². The number of halogens is 1. The lowest BCUT2D eigenvalue weighted by molar-refractivity contribution is 1.03. The number of aliphatic imine (C=N–C) groups is 1. The van der Waals surface area contributed by atoms with Crippen LogP contribution in [-0.2, 0) is 0 Å². The summed E-state index contributed by atoms with van der Waals surface area (Å²) in [6.07, 6.45) is 0. The molecule has 4 nitrogen and oxygen atoms in total. The molecule has 4 rings (SSSR count). The van der Waals surface area contributed by atoms with E-state index in [0.29, 0.717) is 10.9 Å². The van der Waals surface area contributed by atoms with Gasteiger partial charge in [-0.3, -0.25) is 5.43 Å². The average Bonchev–Trinajstić information content (AvgIpc) is 2.88. The van der Waals surface area contributed by atoms with Gasteiger partial charge in [-0.25, -0.2) is 4.99 Å². The van der Waals surface area contributed by atoms with Crippen molar-refractivity contribution in [1.82, 2.24) is 5.43 Å². The molecule has 1 N–H and O–H groups in total. The lowest BCUT2D eigenvalue weighted by atomic mass is 9.98. The van der Waals surface area contributed by atoms with E-state index in [2.05, 4.69) is 53.6 Å². The second-order valence-corrected chi connectivity index (χ2v) is 7.44. The number of fused-ring (bicyclic) bond motifs is 1. The van der Waals surface area contributed by atoms with Crippen LogP contribution in [0.5, 0.6) is 0 Å². The van der Waals surface area contributed by atoms with Crippen molar-refractivity contribution in [2.24, 2.45) is 10.1 Å². The SMILES string of the molecule is Cc1ccc2c(c1)C(c1ccc(N(C)C)cc1)=NNC(c1ccc(Cl)cc1)=N2. The average molecular weight is 389 g/mol. The molecule has 0 radical (unpaired) electrons. The van der Waals surface area contributed by atoms with E-state index in [0.717, 1.165) is 33.8 Å². The van der Waals surface area contributed by atoms with Gasteiger partial charge >= 0.3 is 0 Å². The number of rotatable bonds is 3. The fourth-order valence-corrected chi connectivity index (χ4v) is 3.25. The van der Waals surface area contributed by atoms with E-state index in [-0.39, 0.29) is 0 Å². The first-order valence-corrected chi connectivity index (χ1v) is 9.46. The quantitative estimate of drug-likeness (QED) is 0.674. The summed E-state index contributed by atoms with van der Waals surface area (Å²) in [5.41, 5.74) is 10.2. The summed E-state index contributed by atoms with van der Waals surface area (Å²) in [6, 6.07) is 22.2. The third-order valence-corrected chi connectivity index (χ3v) is 4.94. The van der Waals surface area contributed by atoms with Crippen molar-refractivity contribution in [3.63, 3.8) is 0 Å². The van der Waals surface area contributed by atoms with E-state index in [1.807, 2.05) is 44.4 Å². The van der Waals surface area contributed by atoms with Crippen LogP contribution >= 0.6 is 11.6 Å². The Labute approximate surface area is 170 Å². The highest BCUT2D eigenvalue weighted by Crippen LogP contribution is 2.27. The Hall–Kier alpha value is -3.11. The first-order valence-electron chi connectivity index (χ1n) is 9.08. The van der Waals surface area contributed by atoms with Gasteiger partial charge in [0.1, 0.15) is 0 Å². The van der Waals surface area contributed by atoms with Gasteiger partial charge in [0.2, 0.25) is 0 Å². The van der Waals surface area contributed by atoms with Crippen LogP contribution in [0, 0.1) is 6.92 Å². The van der Waals surface area contributed by atoms with E-state index in [4.69, 9.17) is 21.7 Å². The predicted octanol–water partition coefficient (Wildman–Crippen LogP) is 5.15. The molecule has 3 aromatic carbocycles. The molecule has 0 aliphatic carbocycles. The third kappa shape index (κ3) is 3.64. The number of nitrogens with zero attached hydrogens (tertiary/aromatic N) is 3. The molecule has 0 spiro atoms. The summed E-state index contributed by atoms with van der Waals surface area (Å²) in [5.74, 6) is 0.696. The highest BCUT2D eigenvalue weighted by Gasteiger charge is 2.17. The van der Waals surface area contributed by atoms with Crippen LogP contribution in [0.2, 0.25) is 5.02 Å². The normalized spacial score (nSPS) is 13.0. The highest BCUT2D eigenvalue weighted by atomic mass is 35.5. The van der Waals surface area contributed by atoms with Crippen LogP contribution < -0.4 is 10.3 Å². The van der Waals surface area contributed by atoms with Gasteiger partial charge in [0.25, 0.3) is 0 Å². The second kappa shape index (κ2) is 7.49. The molecule has 0 bridgehead atoms. The van der Waals surface area contributed by atoms with Crippen molar-refractivity contribution in [1.29, 1.82) is 0 Å². The molecule has 28 heavy (non-hydrogen) atoms. The van der Waals surface area contributed by atoms with Gasteiger partial charge in [-0.2, -0.15) is 5.10 Å². The monoisotopic (exact) mass is 388 g/mol. The Morgan fingerprint density at radius 3 is 2.21 bits per heavy atom. The fraction of sp³-hybridized carbons (Fsp3) is 0.130.